The summed E-state index contributed by atoms with van der Waals surface area (Å²) in [6, 6.07) is 15.6. The van der Waals surface area contributed by atoms with Crippen LogP contribution in [0.25, 0.3) is 39.3 Å². The number of nitrogens with two attached hydrogens (primary N) is 1. The molecule has 0 bridgehead atoms. The SMILES string of the molecule is Nc1ccc(/C=C/C(=O)NCc2cc3cc(-c4ccc(C(=O)N5CCC(F)(F)CC5)cc4)cc(-c4c(F)cc(F)cc4F)c3o2)cn1. The summed E-state index contributed by atoms with van der Waals surface area (Å²) in [6.45, 7) is -0.162. The lowest BCUT2D eigenvalue weighted by atomic mass is 9.95. The minimum atomic E-state index is -2.79. The number of likely N-dealkylation sites (tertiary alicyclic amines) is 1. The number of fused-ring (bicyclic) bond motifs is 1. The van der Waals surface area contributed by atoms with Gasteiger partial charge in [0.25, 0.3) is 11.8 Å². The number of anilines is 1. The Labute approximate surface area is 265 Å². The van der Waals surface area contributed by atoms with E-state index in [1.165, 1.54) is 23.2 Å². The Balaban J connectivity index is 1.29. The molecule has 0 aliphatic carbocycles. The molecule has 2 aromatic heterocycles. The first kappa shape index (κ1) is 31.5. The molecule has 240 valence electrons. The van der Waals surface area contributed by atoms with E-state index in [2.05, 4.69) is 10.3 Å². The van der Waals surface area contributed by atoms with Crippen molar-refractivity contribution in [3.63, 3.8) is 0 Å². The summed E-state index contributed by atoms with van der Waals surface area (Å²) < 4.78 is 77.0. The van der Waals surface area contributed by atoms with Crippen molar-refractivity contribution in [2.75, 3.05) is 18.8 Å². The number of carbonyl (C=O) groups is 2. The number of aromatic nitrogens is 1. The Morgan fingerprint density at radius 1 is 0.936 bits per heavy atom. The van der Waals surface area contributed by atoms with Crippen LogP contribution in [-0.4, -0.2) is 40.7 Å². The molecule has 6 rings (SSSR count). The van der Waals surface area contributed by atoms with E-state index in [0.29, 0.717) is 45.6 Å². The first-order chi connectivity index (χ1) is 22.5. The van der Waals surface area contributed by atoms with Crippen LogP contribution >= 0.6 is 0 Å². The molecule has 1 aliphatic heterocycles. The zero-order chi connectivity index (χ0) is 33.3. The predicted molar refractivity (Wildman–Crippen MR) is 167 cm³/mol. The van der Waals surface area contributed by atoms with Gasteiger partial charge >= 0.3 is 0 Å². The fraction of sp³-hybridized carbons (Fsp3) is 0.171. The predicted octanol–water partition coefficient (Wildman–Crippen LogP) is 7.36. The maximum atomic E-state index is 15.0. The Bertz CT molecular complexity index is 1970. The molecule has 5 aromatic rings. The molecule has 0 unspecified atom stereocenters. The van der Waals surface area contributed by atoms with Gasteiger partial charge in [-0.05, 0) is 65.2 Å². The molecule has 7 nitrogen and oxygen atoms in total. The van der Waals surface area contributed by atoms with Gasteiger partial charge in [-0.15, -0.1) is 0 Å². The molecular formula is C35H27F5N4O3. The van der Waals surface area contributed by atoms with E-state index in [4.69, 9.17) is 10.2 Å². The normalized spacial score (nSPS) is 14.5. The number of piperidine rings is 1. The molecular weight excluding hydrogens is 619 g/mol. The zero-order valence-electron chi connectivity index (χ0n) is 24.7. The number of alkyl halides is 2. The van der Waals surface area contributed by atoms with Gasteiger partial charge in [0.2, 0.25) is 5.91 Å². The average Bonchev–Trinajstić information content (AvgIpc) is 3.46. The second-order valence-electron chi connectivity index (χ2n) is 11.2. The van der Waals surface area contributed by atoms with Gasteiger partial charge in [-0.2, -0.15) is 0 Å². The molecule has 0 radical (unpaired) electrons. The molecule has 0 spiro atoms. The van der Waals surface area contributed by atoms with Gasteiger partial charge in [0.05, 0.1) is 12.1 Å². The van der Waals surface area contributed by atoms with E-state index >= 15 is 8.78 Å². The van der Waals surface area contributed by atoms with Crippen molar-refractivity contribution in [1.29, 1.82) is 0 Å². The van der Waals surface area contributed by atoms with Crippen LogP contribution in [0.1, 0.15) is 34.5 Å². The van der Waals surface area contributed by atoms with E-state index in [0.717, 1.165) is 0 Å². The van der Waals surface area contributed by atoms with Crippen molar-refractivity contribution in [3.05, 3.63) is 113 Å². The summed E-state index contributed by atoms with van der Waals surface area (Å²) in [4.78, 5) is 30.7. The third kappa shape index (κ3) is 7.01. The summed E-state index contributed by atoms with van der Waals surface area (Å²) in [5.74, 6) is -6.33. The molecule has 3 aromatic carbocycles. The number of nitrogens with one attached hydrogen (secondary N) is 1. The van der Waals surface area contributed by atoms with Gasteiger partial charge in [0.1, 0.15) is 34.6 Å². The van der Waals surface area contributed by atoms with Crippen LogP contribution in [0.2, 0.25) is 0 Å². The number of furan rings is 1. The van der Waals surface area contributed by atoms with Crippen LogP contribution in [0.5, 0.6) is 0 Å². The first-order valence-corrected chi connectivity index (χ1v) is 14.6. The van der Waals surface area contributed by atoms with Crippen LogP contribution in [0.15, 0.2) is 83.4 Å². The van der Waals surface area contributed by atoms with Crippen molar-refractivity contribution in [2.24, 2.45) is 0 Å². The Morgan fingerprint density at radius 2 is 1.64 bits per heavy atom. The third-order valence-corrected chi connectivity index (χ3v) is 7.86. The van der Waals surface area contributed by atoms with Crippen molar-refractivity contribution in [3.8, 4) is 22.3 Å². The molecule has 3 N–H and O–H groups in total. The van der Waals surface area contributed by atoms with E-state index < -0.39 is 47.7 Å². The third-order valence-electron chi connectivity index (χ3n) is 7.86. The number of nitrogens with zero attached hydrogens (tertiary/aromatic N) is 2. The van der Waals surface area contributed by atoms with Gasteiger partial charge in [-0.1, -0.05) is 12.1 Å². The number of nitrogen functional groups attached to an aromatic ring is 1. The fourth-order valence-electron chi connectivity index (χ4n) is 5.39. The summed E-state index contributed by atoms with van der Waals surface area (Å²) in [5, 5.41) is 3.13. The summed E-state index contributed by atoms with van der Waals surface area (Å²) >= 11 is 0. The van der Waals surface area contributed by atoms with Gasteiger partial charge in [0, 0.05) is 66.8 Å². The Morgan fingerprint density at radius 3 is 2.30 bits per heavy atom. The van der Waals surface area contributed by atoms with E-state index in [9.17, 15) is 22.8 Å². The lowest BCUT2D eigenvalue weighted by molar-refractivity contribution is -0.116. The quantitative estimate of drug-likeness (QED) is 0.142. The molecule has 1 aliphatic rings. The van der Waals surface area contributed by atoms with Gasteiger partial charge in [-0.25, -0.2) is 26.9 Å². The van der Waals surface area contributed by atoms with E-state index in [1.54, 1.807) is 54.6 Å². The number of hydrogen-bond donors (Lipinski definition) is 2. The van der Waals surface area contributed by atoms with E-state index in [-0.39, 0.29) is 42.4 Å². The Kier molecular flexibility index (Phi) is 8.50. The number of halogens is 5. The minimum absolute atomic E-state index is 0.00946. The molecule has 0 saturated carbocycles. The lowest BCUT2D eigenvalue weighted by Crippen LogP contribution is -2.42. The number of amides is 2. The Hall–Kier alpha value is -5.52. The van der Waals surface area contributed by atoms with Crippen LogP contribution in [0, 0.1) is 17.5 Å². The molecule has 1 fully saturated rings. The second-order valence-corrected chi connectivity index (χ2v) is 11.2. The largest absolute Gasteiger partial charge is 0.459 e. The van der Waals surface area contributed by atoms with Gasteiger partial charge in [0.15, 0.2) is 0 Å². The topological polar surface area (TPSA) is 101 Å². The summed E-state index contributed by atoms with van der Waals surface area (Å²) in [6.07, 6.45) is 3.57. The zero-order valence-corrected chi connectivity index (χ0v) is 24.7. The van der Waals surface area contributed by atoms with Crippen molar-refractivity contribution >= 4 is 34.7 Å². The average molecular weight is 647 g/mol. The fourth-order valence-corrected chi connectivity index (χ4v) is 5.39. The second kappa shape index (κ2) is 12.7. The monoisotopic (exact) mass is 646 g/mol. The van der Waals surface area contributed by atoms with Gasteiger partial charge < -0.3 is 20.4 Å². The van der Waals surface area contributed by atoms with Crippen LogP contribution < -0.4 is 11.1 Å². The molecule has 3 heterocycles. The highest BCUT2D eigenvalue weighted by atomic mass is 19.3. The van der Waals surface area contributed by atoms with Crippen molar-refractivity contribution in [2.45, 2.75) is 25.3 Å². The van der Waals surface area contributed by atoms with Crippen LogP contribution in [0.3, 0.4) is 0 Å². The molecule has 2 amide bonds. The molecule has 0 atom stereocenters. The highest BCUT2D eigenvalue weighted by molar-refractivity contribution is 5.98. The highest BCUT2D eigenvalue weighted by Crippen LogP contribution is 2.39. The summed E-state index contributed by atoms with van der Waals surface area (Å²) in [7, 11) is 0. The number of carbonyl (C=O) groups excluding carboxylic acids is 2. The number of pyridine rings is 1. The van der Waals surface area contributed by atoms with Crippen LogP contribution in [-0.2, 0) is 11.3 Å². The van der Waals surface area contributed by atoms with Crippen LogP contribution in [0.4, 0.5) is 27.8 Å². The maximum Gasteiger partial charge on any atom is 0.253 e. The molecule has 12 heteroatoms. The van der Waals surface area contributed by atoms with Crippen molar-refractivity contribution < 1.29 is 36.0 Å². The van der Waals surface area contributed by atoms with E-state index in [1.807, 2.05) is 0 Å². The number of rotatable bonds is 7. The minimum Gasteiger partial charge on any atom is -0.459 e. The lowest BCUT2D eigenvalue weighted by Gasteiger charge is -2.31. The number of hydrogen-bond acceptors (Lipinski definition) is 5. The molecule has 1 saturated heterocycles. The maximum absolute atomic E-state index is 15.0. The first-order valence-electron chi connectivity index (χ1n) is 14.6. The summed E-state index contributed by atoms with van der Waals surface area (Å²) in [5.41, 5.74) is 7.24. The number of benzene rings is 3. The highest BCUT2D eigenvalue weighted by Gasteiger charge is 2.35. The smallest absolute Gasteiger partial charge is 0.253 e. The van der Waals surface area contributed by atoms with Crippen molar-refractivity contribution in [1.82, 2.24) is 15.2 Å². The standard InChI is InChI=1S/C35H27F5N4O3/c36-25-16-28(37)32(29(38)17-25)27-15-23(21-3-5-22(6-4-21)34(46)44-11-9-35(39,40)10-12-44)13-24-14-26(47-33(24)27)19-43-31(45)8-2-20-1-7-30(41)42-18-20/h1-8,13-18H,9-12,19H2,(H2,41,42)(H,43,45)/b8-2+. The molecule has 47 heavy (non-hydrogen) atoms. The van der Waals surface area contributed by atoms with Gasteiger partial charge in [-0.3, -0.25) is 9.59 Å².